The van der Waals surface area contributed by atoms with Crippen LogP contribution in [0.4, 0.5) is 0 Å². The molecule has 1 fully saturated rings. The van der Waals surface area contributed by atoms with Crippen molar-refractivity contribution in [3.63, 3.8) is 0 Å². The van der Waals surface area contributed by atoms with Gasteiger partial charge in [0.15, 0.2) is 0 Å². The number of furan rings is 1. The number of carbonyl (C=O) groups is 3. The standard InChI is InChI=1S/C22H24O7/c1-12-5-6-17(27-15(4)23)13(2)10-19-20(14(3)21(24)28-19)18(9-12)29-22(25)16-7-8-26-11-16/h5,7-8,10-11,17-20H,3,6,9H2,1-2,4H3/b12-5+,13-10-/t17-,18+,19-,20+/m0/s1. The molecule has 29 heavy (non-hydrogen) atoms. The van der Waals surface area contributed by atoms with Gasteiger partial charge in [0.25, 0.3) is 0 Å². The van der Waals surface area contributed by atoms with E-state index in [0.29, 0.717) is 12.8 Å². The Morgan fingerprint density at radius 2 is 2.00 bits per heavy atom. The summed E-state index contributed by atoms with van der Waals surface area (Å²) in [7, 11) is 0. The molecule has 0 N–H and O–H groups in total. The second-order valence-electron chi connectivity index (χ2n) is 7.38. The van der Waals surface area contributed by atoms with Crippen LogP contribution in [0.25, 0.3) is 0 Å². The molecule has 2 heterocycles. The van der Waals surface area contributed by atoms with Gasteiger partial charge >= 0.3 is 17.9 Å². The molecule has 0 unspecified atom stereocenters. The molecule has 7 nitrogen and oxygen atoms in total. The van der Waals surface area contributed by atoms with E-state index in [1.807, 2.05) is 19.9 Å². The zero-order chi connectivity index (χ0) is 21.1. The summed E-state index contributed by atoms with van der Waals surface area (Å²) in [5, 5.41) is 0. The highest BCUT2D eigenvalue weighted by Crippen LogP contribution is 2.36. The third-order valence-electron chi connectivity index (χ3n) is 5.12. The number of hydrogen-bond acceptors (Lipinski definition) is 7. The number of ether oxygens (including phenoxy) is 3. The van der Waals surface area contributed by atoms with Gasteiger partial charge in [-0.15, -0.1) is 0 Å². The Morgan fingerprint density at radius 1 is 1.24 bits per heavy atom. The monoisotopic (exact) mass is 400 g/mol. The van der Waals surface area contributed by atoms with Gasteiger partial charge in [-0.25, -0.2) is 9.59 Å². The van der Waals surface area contributed by atoms with Gasteiger partial charge in [0.05, 0.1) is 17.7 Å². The molecule has 0 radical (unpaired) electrons. The Kier molecular flexibility index (Phi) is 6.06. The molecule has 0 aromatic carbocycles. The van der Waals surface area contributed by atoms with Gasteiger partial charge in [0.2, 0.25) is 0 Å². The Labute approximate surface area is 169 Å². The van der Waals surface area contributed by atoms with Crippen LogP contribution >= 0.6 is 0 Å². The normalized spacial score (nSPS) is 30.9. The van der Waals surface area contributed by atoms with Gasteiger partial charge in [-0.05, 0) is 31.6 Å². The van der Waals surface area contributed by atoms with Crippen LogP contribution in [0.3, 0.4) is 0 Å². The fraction of sp³-hybridized carbons (Fsp3) is 0.409. The highest BCUT2D eigenvalue weighted by molar-refractivity contribution is 5.92. The first-order chi connectivity index (χ1) is 13.8. The van der Waals surface area contributed by atoms with E-state index in [1.165, 1.54) is 25.5 Å². The molecule has 0 amide bonds. The van der Waals surface area contributed by atoms with E-state index in [-0.39, 0.29) is 17.1 Å². The third kappa shape index (κ3) is 4.67. The third-order valence-corrected chi connectivity index (χ3v) is 5.12. The summed E-state index contributed by atoms with van der Waals surface area (Å²) in [5.41, 5.74) is 2.23. The predicted octanol–water partition coefficient (Wildman–Crippen LogP) is 3.52. The van der Waals surface area contributed by atoms with E-state index >= 15 is 0 Å². The highest BCUT2D eigenvalue weighted by atomic mass is 16.6. The molecule has 7 heteroatoms. The molecule has 1 aliphatic heterocycles. The van der Waals surface area contributed by atoms with Gasteiger partial charge in [0, 0.05) is 25.3 Å². The van der Waals surface area contributed by atoms with Crippen LogP contribution in [0.5, 0.6) is 0 Å². The zero-order valence-corrected chi connectivity index (χ0v) is 16.7. The number of carbonyl (C=O) groups excluding carboxylic acids is 3. The van der Waals surface area contributed by atoms with Crippen molar-refractivity contribution in [1.82, 2.24) is 0 Å². The smallest absolute Gasteiger partial charge is 0.341 e. The minimum absolute atomic E-state index is 0.251. The van der Waals surface area contributed by atoms with Gasteiger partial charge in [-0.3, -0.25) is 4.79 Å². The summed E-state index contributed by atoms with van der Waals surface area (Å²) in [6, 6.07) is 1.52. The number of rotatable bonds is 3. The molecular weight excluding hydrogens is 376 g/mol. The summed E-state index contributed by atoms with van der Waals surface area (Å²) in [4.78, 5) is 36.2. The molecule has 1 aromatic rings. The fourth-order valence-corrected chi connectivity index (χ4v) is 3.61. The first-order valence-electron chi connectivity index (χ1n) is 9.40. The lowest BCUT2D eigenvalue weighted by atomic mass is 9.85. The van der Waals surface area contributed by atoms with Crippen LogP contribution in [0.1, 0.15) is 44.0 Å². The van der Waals surface area contributed by atoms with Crippen LogP contribution in [-0.4, -0.2) is 36.2 Å². The zero-order valence-electron chi connectivity index (χ0n) is 16.7. The number of fused-ring (bicyclic) bond motifs is 1. The minimum Gasteiger partial charge on any atom is -0.472 e. The molecule has 0 spiro atoms. The first kappa shape index (κ1) is 20.6. The molecule has 1 aromatic heterocycles. The average Bonchev–Trinajstić information content (AvgIpc) is 3.26. The fourth-order valence-electron chi connectivity index (χ4n) is 3.61. The summed E-state index contributed by atoms with van der Waals surface area (Å²) >= 11 is 0. The van der Waals surface area contributed by atoms with Crippen LogP contribution in [-0.2, 0) is 23.8 Å². The van der Waals surface area contributed by atoms with Crippen LogP contribution in [0.15, 0.2) is 58.5 Å². The molecule has 0 bridgehead atoms. The van der Waals surface area contributed by atoms with E-state index in [0.717, 1.165) is 11.1 Å². The summed E-state index contributed by atoms with van der Waals surface area (Å²) < 4.78 is 21.6. The van der Waals surface area contributed by atoms with Crippen molar-refractivity contribution >= 4 is 17.9 Å². The summed E-state index contributed by atoms with van der Waals surface area (Å²) in [6.07, 6.45) is 5.49. The Morgan fingerprint density at radius 3 is 2.66 bits per heavy atom. The molecule has 2 aliphatic rings. The first-order valence-corrected chi connectivity index (χ1v) is 9.40. The van der Waals surface area contributed by atoms with Crippen molar-refractivity contribution in [2.24, 2.45) is 5.92 Å². The Bertz CT molecular complexity index is 875. The predicted molar refractivity (Wildman–Crippen MR) is 103 cm³/mol. The maximum absolute atomic E-state index is 12.5. The van der Waals surface area contributed by atoms with Gasteiger partial charge < -0.3 is 18.6 Å². The van der Waals surface area contributed by atoms with Crippen molar-refractivity contribution in [3.8, 4) is 0 Å². The average molecular weight is 400 g/mol. The number of hydrogen-bond donors (Lipinski definition) is 0. The topological polar surface area (TPSA) is 92.0 Å². The second-order valence-corrected chi connectivity index (χ2v) is 7.38. The van der Waals surface area contributed by atoms with Crippen LogP contribution < -0.4 is 0 Å². The molecule has 1 saturated heterocycles. The maximum Gasteiger partial charge on any atom is 0.341 e. The van der Waals surface area contributed by atoms with Crippen molar-refractivity contribution in [1.29, 1.82) is 0 Å². The lowest BCUT2D eigenvalue weighted by molar-refractivity contribution is -0.144. The summed E-state index contributed by atoms with van der Waals surface area (Å²) in [5.74, 6) is -2.01. The molecule has 154 valence electrons. The molecule has 4 atom stereocenters. The lowest BCUT2D eigenvalue weighted by Crippen LogP contribution is -2.34. The molecular formula is C22H24O7. The van der Waals surface area contributed by atoms with Crippen molar-refractivity contribution in [2.75, 3.05) is 0 Å². The second kappa shape index (κ2) is 8.51. The SMILES string of the molecule is C=C1C(=O)O[C@H]2/C=C(/C)[C@@H](OC(C)=O)C/C=C(\C)C[C@@H](OC(=O)c3ccoc3)[C@@H]12. The van der Waals surface area contributed by atoms with Gasteiger partial charge in [-0.2, -0.15) is 0 Å². The van der Waals surface area contributed by atoms with E-state index in [9.17, 15) is 14.4 Å². The number of esters is 3. The summed E-state index contributed by atoms with van der Waals surface area (Å²) in [6.45, 7) is 8.94. The molecule has 1 aliphatic carbocycles. The Balaban J connectivity index is 1.95. The lowest BCUT2D eigenvalue weighted by Gasteiger charge is -2.28. The molecule has 3 rings (SSSR count). The van der Waals surface area contributed by atoms with Crippen molar-refractivity contribution in [2.45, 2.75) is 51.9 Å². The van der Waals surface area contributed by atoms with E-state index < -0.39 is 36.2 Å². The van der Waals surface area contributed by atoms with Crippen LogP contribution in [0.2, 0.25) is 0 Å². The minimum atomic E-state index is -0.666. The van der Waals surface area contributed by atoms with Crippen molar-refractivity contribution in [3.05, 3.63) is 59.6 Å². The quantitative estimate of drug-likeness (QED) is 0.332. The highest BCUT2D eigenvalue weighted by Gasteiger charge is 2.44. The van der Waals surface area contributed by atoms with Gasteiger partial charge in [-0.1, -0.05) is 18.2 Å². The largest absolute Gasteiger partial charge is 0.472 e. The van der Waals surface area contributed by atoms with Crippen LogP contribution in [0, 0.1) is 5.92 Å². The van der Waals surface area contributed by atoms with Crippen molar-refractivity contribution < 1.29 is 33.0 Å². The van der Waals surface area contributed by atoms with E-state index in [4.69, 9.17) is 18.6 Å². The van der Waals surface area contributed by atoms with E-state index in [1.54, 1.807) is 6.08 Å². The molecule has 0 saturated carbocycles. The van der Waals surface area contributed by atoms with Gasteiger partial charge in [0.1, 0.15) is 24.6 Å². The Hall–Kier alpha value is -3.09. The van der Waals surface area contributed by atoms with E-state index in [2.05, 4.69) is 6.58 Å². The maximum atomic E-state index is 12.5.